The van der Waals surface area contributed by atoms with Gasteiger partial charge < -0.3 is 15.4 Å². The lowest BCUT2D eigenvalue weighted by molar-refractivity contribution is -0.141. The number of carbonyl (C=O) groups excluding carboxylic acids is 2. The van der Waals surface area contributed by atoms with Crippen molar-refractivity contribution in [1.29, 1.82) is 0 Å². The molecule has 0 aromatic heterocycles. The molecule has 1 saturated heterocycles. The maximum Gasteiger partial charge on any atom is 0.276 e. The van der Waals surface area contributed by atoms with Crippen LogP contribution in [0.4, 0.5) is 13.2 Å². The molecule has 0 radical (unpaired) electrons. The number of hydrogen-bond donors (Lipinski definition) is 2. The quantitative estimate of drug-likeness (QED) is 0.745. The van der Waals surface area contributed by atoms with Gasteiger partial charge in [0, 0.05) is 32.7 Å². The van der Waals surface area contributed by atoms with Gasteiger partial charge in [-0.05, 0) is 30.5 Å². The molecule has 1 fully saturated rings. The summed E-state index contributed by atoms with van der Waals surface area (Å²) in [5, 5.41) is 5.34. The average molecular weight is 397 g/mol. The Morgan fingerprint density at radius 2 is 2.07 bits per heavy atom. The van der Waals surface area contributed by atoms with Crippen LogP contribution in [0, 0.1) is 5.82 Å². The topological polar surface area (TPSA) is 70.7 Å². The first-order chi connectivity index (χ1) is 13.4. The number of halogens is 3. The molecular formula is C19H22F3N3O3. The number of nitrogens with zero attached hydrogens (tertiary/aromatic N) is 1. The van der Waals surface area contributed by atoms with E-state index in [0.29, 0.717) is 32.5 Å². The normalized spacial score (nSPS) is 22.4. The van der Waals surface area contributed by atoms with E-state index in [1.54, 1.807) is 0 Å². The molecule has 3 rings (SSSR count). The Hall–Kier alpha value is -2.55. The van der Waals surface area contributed by atoms with Crippen LogP contribution in [0.15, 0.2) is 35.7 Å². The van der Waals surface area contributed by atoms with Crippen molar-refractivity contribution in [2.24, 2.45) is 0 Å². The molecule has 2 aliphatic heterocycles. The minimum Gasteiger partial charge on any atom is -0.381 e. The van der Waals surface area contributed by atoms with Crippen LogP contribution >= 0.6 is 0 Å². The molecule has 6 nitrogen and oxygen atoms in total. The first-order valence-corrected chi connectivity index (χ1v) is 9.04. The molecule has 0 saturated carbocycles. The van der Waals surface area contributed by atoms with E-state index in [1.165, 1.54) is 25.2 Å². The second kappa shape index (κ2) is 8.22. The Morgan fingerprint density at radius 3 is 2.68 bits per heavy atom. The molecule has 2 heterocycles. The smallest absolute Gasteiger partial charge is 0.276 e. The first-order valence-electron chi connectivity index (χ1n) is 9.04. The van der Waals surface area contributed by atoms with Gasteiger partial charge >= 0.3 is 0 Å². The molecule has 2 amide bonds. The molecule has 0 aliphatic carbocycles. The van der Waals surface area contributed by atoms with Crippen molar-refractivity contribution >= 4 is 12.3 Å². The molecule has 2 N–H and O–H groups in total. The van der Waals surface area contributed by atoms with Gasteiger partial charge in [-0.15, -0.1) is 0 Å². The van der Waals surface area contributed by atoms with Crippen LogP contribution in [0.2, 0.25) is 0 Å². The lowest BCUT2D eigenvalue weighted by Gasteiger charge is -2.37. The van der Waals surface area contributed by atoms with Gasteiger partial charge in [0.2, 0.25) is 6.41 Å². The third-order valence-electron chi connectivity index (χ3n) is 5.05. The summed E-state index contributed by atoms with van der Waals surface area (Å²) in [7, 11) is 1.49. The standard InChI is InChI=1S/C19H22F3N3O3/c1-23-17-15(18(27)25(11-26)14-5-7-28-8-6-14)10-19(21,22)16(24-17)12-3-2-4-13(20)9-12/h2-4,9,11,14,16,23-24H,5-8,10H2,1H3. The Balaban J connectivity index is 1.91. The summed E-state index contributed by atoms with van der Waals surface area (Å²) in [4.78, 5) is 25.4. The predicted octanol–water partition coefficient (Wildman–Crippen LogP) is 2.09. The lowest BCUT2D eigenvalue weighted by Crippen LogP contribution is -2.50. The molecule has 28 heavy (non-hydrogen) atoms. The van der Waals surface area contributed by atoms with Crippen molar-refractivity contribution < 1.29 is 27.5 Å². The zero-order valence-electron chi connectivity index (χ0n) is 15.4. The highest BCUT2D eigenvalue weighted by Gasteiger charge is 2.48. The zero-order chi connectivity index (χ0) is 20.3. The number of amides is 2. The number of alkyl halides is 2. The molecule has 1 aromatic carbocycles. The summed E-state index contributed by atoms with van der Waals surface area (Å²) in [5.41, 5.74) is -0.139. The second-order valence-corrected chi connectivity index (χ2v) is 6.84. The van der Waals surface area contributed by atoms with E-state index in [4.69, 9.17) is 4.74 Å². The fourth-order valence-corrected chi connectivity index (χ4v) is 3.60. The van der Waals surface area contributed by atoms with E-state index in [0.717, 1.165) is 11.0 Å². The average Bonchev–Trinajstić information content (AvgIpc) is 2.68. The van der Waals surface area contributed by atoms with Gasteiger partial charge in [-0.2, -0.15) is 0 Å². The summed E-state index contributed by atoms with van der Waals surface area (Å²) in [6.45, 7) is 0.798. The van der Waals surface area contributed by atoms with Crippen LogP contribution in [0.3, 0.4) is 0 Å². The van der Waals surface area contributed by atoms with Crippen LogP contribution in [0.1, 0.15) is 30.9 Å². The number of imide groups is 1. The summed E-state index contributed by atoms with van der Waals surface area (Å²) in [5.74, 6) is -4.65. The Kier molecular flexibility index (Phi) is 5.93. The van der Waals surface area contributed by atoms with Gasteiger partial charge in [-0.25, -0.2) is 13.2 Å². The Bertz CT molecular complexity index is 779. The predicted molar refractivity (Wildman–Crippen MR) is 94.7 cm³/mol. The van der Waals surface area contributed by atoms with Crippen LogP contribution < -0.4 is 10.6 Å². The van der Waals surface area contributed by atoms with Crippen LogP contribution in [-0.4, -0.2) is 49.4 Å². The lowest BCUT2D eigenvalue weighted by atomic mass is 9.90. The van der Waals surface area contributed by atoms with E-state index in [1.807, 2.05) is 0 Å². The van der Waals surface area contributed by atoms with Gasteiger partial charge in [-0.3, -0.25) is 14.5 Å². The van der Waals surface area contributed by atoms with E-state index in [9.17, 15) is 22.8 Å². The summed E-state index contributed by atoms with van der Waals surface area (Å²) in [6.07, 6.45) is 0.434. The highest BCUT2D eigenvalue weighted by molar-refractivity contribution is 6.00. The Labute approximate surface area is 160 Å². The minimum atomic E-state index is -3.36. The van der Waals surface area contributed by atoms with Crippen molar-refractivity contribution in [2.45, 2.75) is 37.3 Å². The van der Waals surface area contributed by atoms with Crippen LogP contribution in [0.5, 0.6) is 0 Å². The van der Waals surface area contributed by atoms with Crippen molar-refractivity contribution in [2.75, 3.05) is 20.3 Å². The highest BCUT2D eigenvalue weighted by Crippen LogP contribution is 2.41. The number of ether oxygens (including phenoxy) is 1. The summed E-state index contributed by atoms with van der Waals surface area (Å²) in [6, 6.07) is 3.06. The van der Waals surface area contributed by atoms with E-state index in [2.05, 4.69) is 10.6 Å². The van der Waals surface area contributed by atoms with Crippen LogP contribution in [-0.2, 0) is 14.3 Å². The number of carbonyl (C=O) groups is 2. The zero-order valence-corrected chi connectivity index (χ0v) is 15.4. The van der Waals surface area contributed by atoms with Gasteiger partial charge in [0.25, 0.3) is 11.8 Å². The van der Waals surface area contributed by atoms with Gasteiger partial charge in [0.1, 0.15) is 17.7 Å². The monoisotopic (exact) mass is 397 g/mol. The molecule has 9 heteroatoms. The number of hydrogen-bond acceptors (Lipinski definition) is 5. The molecule has 2 aliphatic rings. The summed E-state index contributed by atoms with van der Waals surface area (Å²) < 4.78 is 48.5. The first kappa shape index (κ1) is 20.2. The van der Waals surface area contributed by atoms with Crippen molar-refractivity contribution in [3.8, 4) is 0 Å². The third-order valence-corrected chi connectivity index (χ3v) is 5.05. The number of benzene rings is 1. The summed E-state index contributed by atoms with van der Waals surface area (Å²) >= 11 is 0. The molecular weight excluding hydrogens is 375 g/mol. The SMILES string of the molecule is CNC1=C(C(=O)N(C=O)C2CCOCC2)CC(F)(F)C(c2cccc(F)c2)N1. The maximum atomic E-state index is 14.9. The second-order valence-electron chi connectivity index (χ2n) is 6.84. The van der Waals surface area contributed by atoms with Gasteiger partial charge in [-0.1, -0.05) is 12.1 Å². The van der Waals surface area contributed by atoms with E-state index >= 15 is 0 Å². The minimum absolute atomic E-state index is 0.0703. The van der Waals surface area contributed by atoms with E-state index < -0.39 is 30.1 Å². The molecule has 1 atom stereocenters. The van der Waals surface area contributed by atoms with Gasteiger partial charge in [0.05, 0.1) is 5.57 Å². The Morgan fingerprint density at radius 1 is 1.36 bits per heavy atom. The molecule has 1 unspecified atom stereocenters. The van der Waals surface area contributed by atoms with Crippen molar-refractivity contribution in [3.05, 3.63) is 47.0 Å². The molecule has 0 spiro atoms. The van der Waals surface area contributed by atoms with Crippen molar-refractivity contribution in [1.82, 2.24) is 15.5 Å². The molecule has 0 bridgehead atoms. The maximum absolute atomic E-state index is 14.9. The number of nitrogens with one attached hydrogen (secondary N) is 2. The highest BCUT2D eigenvalue weighted by atomic mass is 19.3. The van der Waals surface area contributed by atoms with Gasteiger partial charge in [0.15, 0.2) is 0 Å². The molecule has 152 valence electrons. The van der Waals surface area contributed by atoms with Crippen LogP contribution in [0.25, 0.3) is 0 Å². The fourth-order valence-electron chi connectivity index (χ4n) is 3.60. The third kappa shape index (κ3) is 3.99. The van der Waals surface area contributed by atoms with Crippen molar-refractivity contribution in [3.63, 3.8) is 0 Å². The molecule has 1 aromatic rings. The largest absolute Gasteiger partial charge is 0.381 e. The number of rotatable bonds is 5. The van der Waals surface area contributed by atoms with E-state index in [-0.39, 0.29) is 23.0 Å². The fraction of sp³-hybridized carbons (Fsp3) is 0.474.